The number of fused-ring (bicyclic) bond motifs is 3. The molecule has 13 heteroatoms. The number of ether oxygens (including phenoxy) is 1. The van der Waals surface area contributed by atoms with Gasteiger partial charge in [0.2, 0.25) is 5.91 Å². The first-order chi connectivity index (χ1) is 26.0. The Kier molecular flexibility index (Phi) is 8.74. The number of carbonyl (C=O) groups is 2. The second-order valence-electron chi connectivity index (χ2n) is 16.2. The van der Waals surface area contributed by atoms with Crippen molar-refractivity contribution < 1.29 is 23.1 Å². The molecule has 9 rings (SSSR count). The van der Waals surface area contributed by atoms with Gasteiger partial charge >= 0.3 is 0 Å². The summed E-state index contributed by atoms with van der Waals surface area (Å²) in [5.74, 6) is -0.221. The minimum absolute atomic E-state index is 0.0426. The highest BCUT2D eigenvalue weighted by atomic mass is 19.1. The van der Waals surface area contributed by atoms with Crippen molar-refractivity contribution in [3.63, 3.8) is 0 Å². The molecule has 5 aliphatic rings. The molecule has 0 bridgehead atoms. The number of piperidine rings is 1. The highest BCUT2D eigenvalue weighted by molar-refractivity contribution is 6.09. The largest absolute Gasteiger partial charge is 0.378 e. The first-order valence-electron chi connectivity index (χ1n) is 19.4. The number of halogens is 2. The van der Waals surface area contributed by atoms with Gasteiger partial charge in [-0.1, -0.05) is 12.1 Å². The standard InChI is InChI=1S/C41H48F2N8O3/c1-23(2)50-22-45-35-18-33(46-38(37(35)50)47-34-17-30(39(52)44-4)24(3)13-32(34)43)25-5-6-31-36(14-25)51(28-15-27(16-28)49-10-7-26(42)19-49)40(53)41(31)8-11-48(12-9-41)29-20-54-21-29/h5-6,13-14,17-18,22-23,26-29H,7-12,15-16,19-21H2,1-4H3,(H,44,52)(H,46,47)/t26-,27-,28+/m1/s1. The number of hydrogen-bond acceptors (Lipinski definition) is 8. The van der Waals surface area contributed by atoms with Crippen LogP contribution in [0.5, 0.6) is 0 Å². The van der Waals surface area contributed by atoms with Gasteiger partial charge in [0.25, 0.3) is 5.91 Å². The van der Waals surface area contributed by atoms with Gasteiger partial charge in [-0.3, -0.25) is 19.4 Å². The Labute approximate surface area is 314 Å². The van der Waals surface area contributed by atoms with Crippen LogP contribution in [0, 0.1) is 12.7 Å². The Morgan fingerprint density at radius 2 is 1.80 bits per heavy atom. The smallest absolute Gasteiger partial charge is 0.251 e. The maximum atomic E-state index is 15.5. The number of aromatic nitrogens is 3. The number of hydrogen-bond donors (Lipinski definition) is 2. The number of pyridine rings is 1. The molecule has 1 aliphatic carbocycles. The van der Waals surface area contributed by atoms with Crippen LogP contribution in [0.1, 0.15) is 73.5 Å². The second kappa shape index (κ2) is 13.4. The molecule has 2 aromatic carbocycles. The van der Waals surface area contributed by atoms with E-state index in [2.05, 4.69) is 37.5 Å². The van der Waals surface area contributed by atoms with E-state index in [9.17, 15) is 14.0 Å². The third kappa shape index (κ3) is 5.69. The molecule has 4 fully saturated rings. The Bertz CT molecular complexity index is 2140. The molecule has 1 saturated carbocycles. The van der Waals surface area contributed by atoms with E-state index >= 15 is 4.39 Å². The van der Waals surface area contributed by atoms with Crippen molar-refractivity contribution in [3.8, 4) is 11.3 Å². The van der Waals surface area contributed by atoms with Crippen molar-refractivity contribution >= 4 is 40.0 Å². The topological polar surface area (TPSA) is 108 Å². The number of likely N-dealkylation sites (tertiary alicyclic amines) is 2. The molecule has 54 heavy (non-hydrogen) atoms. The van der Waals surface area contributed by atoms with E-state index in [-0.39, 0.29) is 35.6 Å². The molecule has 0 radical (unpaired) electrons. The summed E-state index contributed by atoms with van der Waals surface area (Å²) in [7, 11) is 1.55. The van der Waals surface area contributed by atoms with E-state index in [1.54, 1.807) is 20.3 Å². The van der Waals surface area contributed by atoms with Crippen molar-refractivity contribution in [2.45, 2.75) is 88.6 Å². The van der Waals surface area contributed by atoms with Crippen LogP contribution in [-0.2, 0) is 14.9 Å². The van der Waals surface area contributed by atoms with Gasteiger partial charge in [0.1, 0.15) is 17.5 Å². The normalized spacial score (nSPS) is 24.3. The number of rotatable bonds is 8. The lowest BCUT2D eigenvalue weighted by Gasteiger charge is -2.47. The van der Waals surface area contributed by atoms with Crippen LogP contribution in [-0.4, -0.2) is 107 Å². The lowest BCUT2D eigenvalue weighted by molar-refractivity contribution is -0.128. The number of carbonyl (C=O) groups excluding carboxylic acids is 2. The van der Waals surface area contributed by atoms with Gasteiger partial charge in [0.15, 0.2) is 5.82 Å². The summed E-state index contributed by atoms with van der Waals surface area (Å²) >= 11 is 0. The van der Waals surface area contributed by atoms with Crippen LogP contribution in [0.4, 0.5) is 26.0 Å². The Morgan fingerprint density at radius 3 is 2.46 bits per heavy atom. The minimum Gasteiger partial charge on any atom is -0.378 e. The van der Waals surface area contributed by atoms with Crippen molar-refractivity contribution in [1.82, 2.24) is 29.7 Å². The monoisotopic (exact) mass is 738 g/mol. The third-order valence-electron chi connectivity index (χ3n) is 12.8. The van der Waals surface area contributed by atoms with Crippen LogP contribution in [0.25, 0.3) is 22.3 Å². The zero-order valence-electron chi connectivity index (χ0n) is 31.4. The van der Waals surface area contributed by atoms with Crippen LogP contribution in [0.2, 0.25) is 0 Å². The van der Waals surface area contributed by atoms with Crippen LogP contribution < -0.4 is 15.5 Å². The number of anilines is 3. The predicted molar refractivity (Wildman–Crippen MR) is 204 cm³/mol. The molecule has 4 aromatic rings. The van der Waals surface area contributed by atoms with E-state index in [0.29, 0.717) is 52.7 Å². The van der Waals surface area contributed by atoms with E-state index < -0.39 is 17.4 Å². The lowest BCUT2D eigenvalue weighted by Crippen LogP contribution is -2.59. The summed E-state index contributed by atoms with van der Waals surface area (Å²) in [6, 6.07) is 11.9. The average molecular weight is 739 g/mol. The molecule has 284 valence electrons. The fraction of sp³-hybridized carbons (Fsp3) is 0.512. The van der Waals surface area contributed by atoms with Gasteiger partial charge in [0.05, 0.1) is 47.9 Å². The molecule has 6 heterocycles. The molecular weight excluding hydrogens is 690 g/mol. The first-order valence-corrected chi connectivity index (χ1v) is 19.4. The van der Waals surface area contributed by atoms with Gasteiger partial charge in [-0.25, -0.2) is 18.7 Å². The van der Waals surface area contributed by atoms with Gasteiger partial charge in [-0.15, -0.1) is 0 Å². The van der Waals surface area contributed by atoms with Gasteiger partial charge < -0.3 is 24.8 Å². The molecule has 0 unspecified atom stereocenters. The fourth-order valence-electron chi connectivity index (χ4n) is 9.41. The van der Waals surface area contributed by atoms with Gasteiger partial charge in [-0.2, -0.15) is 0 Å². The van der Waals surface area contributed by atoms with Crippen molar-refractivity contribution in [2.24, 2.45) is 0 Å². The maximum absolute atomic E-state index is 15.5. The van der Waals surface area contributed by atoms with Gasteiger partial charge in [0, 0.05) is 55.1 Å². The number of nitrogens with zero attached hydrogens (tertiary/aromatic N) is 6. The highest BCUT2D eigenvalue weighted by Crippen LogP contribution is 2.52. The molecule has 2 amide bonds. The number of amides is 2. The summed E-state index contributed by atoms with van der Waals surface area (Å²) in [4.78, 5) is 44.1. The summed E-state index contributed by atoms with van der Waals surface area (Å²) in [5.41, 5.74) is 5.28. The zero-order chi connectivity index (χ0) is 37.5. The summed E-state index contributed by atoms with van der Waals surface area (Å²) in [5, 5.41) is 5.86. The van der Waals surface area contributed by atoms with Crippen LogP contribution >= 0.6 is 0 Å². The molecular formula is C41H48F2N8O3. The molecule has 3 saturated heterocycles. The van der Waals surface area contributed by atoms with Crippen molar-refractivity contribution in [3.05, 3.63) is 65.2 Å². The van der Waals surface area contributed by atoms with Crippen LogP contribution in [0.15, 0.2) is 42.7 Å². The van der Waals surface area contributed by atoms with E-state index in [4.69, 9.17) is 14.7 Å². The summed E-state index contributed by atoms with van der Waals surface area (Å²) < 4.78 is 37.1. The summed E-state index contributed by atoms with van der Waals surface area (Å²) in [6.07, 6.45) is 4.73. The lowest BCUT2D eigenvalue weighted by atomic mass is 9.73. The van der Waals surface area contributed by atoms with Crippen molar-refractivity contribution in [1.29, 1.82) is 0 Å². The first kappa shape index (κ1) is 35.3. The van der Waals surface area contributed by atoms with Crippen molar-refractivity contribution in [2.75, 3.05) is 56.7 Å². The van der Waals surface area contributed by atoms with Gasteiger partial charge in [-0.05, 0) is 101 Å². The number of aryl methyl sites for hydroxylation is 1. The molecule has 1 spiro atoms. The molecule has 4 aliphatic heterocycles. The Balaban J connectivity index is 1.10. The Morgan fingerprint density at radius 1 is 1.02 bits per heavy atom. The highest BCUT2D eigenvalue weighted by Gasteiger charge is 2.56. The zero-order valence-corrected chi connectivity index (χ0v) is 31.4. The fourth-order valence-corrected chi connectivity index (χ4v) is 9.41. The Hall–Kier alpha value is -4.46. The van der Waals surface area contributed by atoms with E-state index in [1.807, 2.05) is 30.5 Å². The number of imidazole rings is 1. The quantitative estimate of drug-likeness (QED) is 0.231. The van der Waals surface area contributed by atoms with E-state index in [1.165, 1.54) is 12.1 Å². The number of benzene rings is 2. The minimum atomic E-state index is -0.771. The number of nitrogens with one attached hydrogen (secondary N) is 2. The maximum Gasteiger partial charge on any atom is 0.251 e. The molecule has 2 aromatic heterocycles. The second-order valence-corrected chi connectivity index (χ2v) is 16.2. The molecule has 1 atom stereocenters. The predicted octanol–water partition coefficient (Wildman–Crippen LogP) is 5.88. The number of alkyl halides is 1. The third-order valence-corrected chi connectivity index (χ3v) is 12.8. The SMILES string of the molecule is CNC(=O)c1cc(Nc2nc(-c3ccc4c(c3)N([C@H]3C[C@@H](N5CC[C@@H](F)C5)C3)C(=O)C43CCN(C4COC4)CC3)cc3ncn(C(C)C)c23)c(F)cc1C. The summed E-state index contributed by atoms with van der Waals surface area (Å²) in [6.45, 7) is 10.2. The molecule has 11 nitrogen and oxygen atoms in total. The molecule has 2 N–H and O–H groups in total. The average Bonchev–Trinajstić information content (AvgIpc) is 3.81. The van der Waals surface area contributed by atoms with Crippen LogP contribution in [0.3, 0.4) is 0 Å². The van der Waals surface area contributed by atoms with E-state index in [0.717, 1.165) is 75.3 Å².